The summed E-state index contributed by atoms with van der Waals surface area (Å²) >= 11 is 0. The van der Waals surface area contributed by atoms with Crippen molar-refractivity contribution in [1.29, 1.82) is 0 Å². The second-order valence-electron chi connectivity index (χ2n) is 5.37. The molecule has 1 aliphatic heterocycles. The number of piperidine rings is 1. The first-order chi connectivity index (χ1) is 10.6. The summed E-state index contributed by atoms with van der Waals surface area (Å²) in [6.45, 7) is 3.47. The molecule has 0 saturated carbocycles. The molecule has 0 aliphatic carbocycles. The van der Waals surface area contributed by atoms with Crippen LogP contribution in [0.1, 0.15) is 18.4 Å². The van der Waals surface area contributed by atoms with E-state index >= 15 is 0 Å². The van der Waals surface area contributed by atoms with E-state index in [1.165, 1.54) is 7.11 Å². The molecule has 120 valence electrons. The minimum absolute atomic E-state index is 0.0170. The number of benzene rings is 1. The lowest BCUT2D eigenvalue weighted by molar-refractivity contribution is -0.142. The van der Waals surface area contributed by atoms with E-state index in [1.54, 1.807) is 18.2 Å². The third kappa shape index (κ3) is 4.46. The van der Waals surface area contributed by atoms with Gasteiger partial charge < -0.3 is 20.1 Å². The van der Waals surface area contributed by atoms with Crippen LogP contribution in [0.25, 0.3) is 0 Å². The molecule has 1 aliphatic rings. The third-order valence-corrected chi connectivity index (χ3v) is 3.71. The second-order valence-corrected chi connectivity index (χ2v) is 5.37. The number of rotatable bonds is 5. The lowest BCUT2D eigenvalue weighted by Gasteiger charge is -2.22. The highest BCUT2D eigenvalue weighted by atomic mass is 16.6. The van der Waals surface area contributed by atoms with E-state index in [9.17, 15) is 9.59 Å². The molecule has 2 N–H and O–H groups in total. The molecule has 2 rings (SSSR count). The Morgan fingerprint density at radius 1 is 1.41 bits per heavy atom. The zero-order valence-corrected chi connectivity index (χ0v) is 13.0. The summed E-state index contributed by atoms with van der Waals surface area (Å²) in [6, 6.07) is 5.30. The van der Waals surface area contributed by atoms with Crippen molar-refractivity contribution in [3.63, 3.8) is 0 Å². The standard InChI is InChI=1S/C16H22N2O4/c1-11-8-13(22-10-15(19)21-2)5-6-14(11)18-16(20)12-4-3-7-17-9-12/h5-6,8,12,17H,3-4,7,9-10H2,1-2H3,(H,18,20). The van der Waals surface area contributed by atoms with Crippen molar-refractivity contribution in [1.82, 2.24) is 5.32 Å². The lowest BCUT2D eigenvalue weighted by Crippen LogP contribution is -2.37. The van der Waals surface area contributed by atoms with Gasteiger partial charge in [0.05, 0.1) is 13.0 Å². The quantitative estimate of drug-likeness (QED) is 0.806. The Labute approximate surface area is 130 Å². The SMILES string of the molecule is COC(=O)COc1ccc(NC(=O)C2CCCNC2)c(C)c1. The van der Waals surface area contributed by atoms with Gasteiger partial charge in [0.2, 0.25) is 5.91 Å². The zero-order chi connectivity index (χ0) is 15.9. The number of hydrogen-bond donors (Lipinski definition) is 2. The van der Waals surface area contributed by atoms with Crippen molar-refractivity contribution in [3.8, 4) is 5.75 Å². The van der Waals surface area contributed by atoms with Crippen LogP contribution in [0.3, 0.4) is 0 Å². The fraction of sp³-hybridized carbons (Fsp3) is 0.500. The first kappa shape index (κ1) is 16.3. The first-order valence-corrected chi connectivity index (χ1v) is 7.42. The fourth-order valence-electron chi connectivity index (χ4n) is 2.38. The molecule has 1 heterocycles. The largest absolute Gasteiger partial charge is 0.482 e. The summed E-state index contributed by atoms with van der Waals surface area (Å²) in [5.74, 6) is 0.196. The lowest BCUT2D eigenvalue weighted by atomic mass is 9.98. The number of carbonyl (C=O) groups excluding carboxylic acids is 2. The van der Waals surface area contributed by atoms with Crippen LogP contribution in [0.4, 0.5) is 5.69 Å². The molecule has 6 heteroatoms. The van der Waals surface area contributed by atoms with Gasteiger partial charge in [0, 0.05) is 12.2 Å². The molecule has 0 bridgehead atoms. The van der Waals surface area contributed by atoms with Crippen LogP contribution in [-0.4, -0.2) is 38.7 Å². The Bertz CT molecular complexity index is 539. The highest BCUT2D eigenvalue weighted by Gasteiger charge is 2.21. The predicted molar refractivity (Wildman–Crippen MR) is 82.9 cm³/mol. The molecule has 1 fully saturated rings. The summed E-state index contributed by atoms with van der Waals surface area (Å²) < 4.78 is 9.84. The van der Waals surface area contributed by atoms with Crippen LogP contribution in [0, 0.1) is 12.8 Å². The van der Waals surface area contributed by atoms with Gasteiger partial charge in [-0.15, -0.1) is 0 Å². The highest BCUT2D eigenvalue weighted by molar-refractivity contribution is 5.93. The first-order valence-electron chi connectivity index (χ1n) is 7.42. The van der Waals surface area contributed by atoms with Gasteiger partial charge in [-0.3, -0.25) is 4.79 Å². The molecule has 6 nitrogen and oxygen atoms in total. The summed E-state index contributed by atoms with van der Waals surface area (Å²) in [5.41, 5.74) is 1.65. The second kappa shape index (κ2) is 7.79. The van der Waals surface area contributed by atoms with E-state index in [0.29, 0.717) is 5.75 Å². The molecule has 0 spiro atoms. The molecule has 1 saturated heterocycles. The van der Waals surface area contributed by atoms with Gasteiger partial charge in [-0.1, -0.05) is 0 Å². The Hall–Kier alpha value is -2.08. The van der Waals surface area contributed by atoms with E-state index in [1.807, 2.05) is 6.92 Å². The van der Waals surface area contributed by atoms with Crippen molar-refractivity contribution in [2.24, 2.45) is 5.92 Å². The molecule has 1 unspecified atom stereocenters. The Balaban J connectivity index is 1.94. The van der Waals surface area contributed by atoms with Gasteiger partial charge in [0.15, 0.2) is 6.61 Å². The van der Waals surface area contributed by atoms with Gasteiger partial charge in [-0.2, -0.15) is 0 Å². The van der Waals surface area contributed by atoms with Crippen molar-refractivity contribution in [2.45, 2.75) is 19.8 Å². The van der Waals surface area contributed by atoms with Crippen molar-refractivity contribution in [3.05, 3.63) is 23.8 Å². The number of anilines is 1. The number of carbonyl (C=O) groups is 2. The number of esters is 1. The number of ether oxygens (including phenoxy) is 2. The average Bonchev–Trinajstić information content (AvgIpc) is 2.55. The van der Waals surface area contributed by atoms with Gasteiger partial charge in [-0.05, 0) is 50.1 Å². The Morgan fingerprint density at radius 2 is 2.23 bits per heavy atom. The average molecular weight is 306 g/mol. The number of amides is 1. The molecule has 1 amide bonds. The smallest absolute Gasteiger partial charge is 0.343 e. The van der Waals surface area contributed by atoms with E-state index in [0.717, 1.165) is 37.2 Å². The molecule has 1 aromatic rings. The number of methoxy groups -OCH3 is 1. The monoisotopic (exact) mass is 306 g/mol. The van der Waals surface area contributed by atoms with Crippen LogP contribution in [0.15, 0.2) is 18.2 Å². The third-order valence-electron chi connectivity index (χ3n) is 3.71. The van der Waals surface area contributed by atoms with Crippen LogP contribution < -0.4 is 15.4 Å². The predicted octanol–water partition coefficient (Wildman–Crippen LogP) is 1.48. The molecular formula is C16H22N2O4. The molecule has 0 aromatic heterocycles. The van der Waals surface area contributed by atoms with Crippen LogP contribution in [0.2, 0.25) is 0 Å². The summed E-state index contributed by atoms with van der Waals surface area (Å²) in [5, 5.41) is 6.19. The van der Waals surface area contributed by atoms with Gasteiger partial charge >= 0.3 is 5.97 Å². The summed E-state index contributed by atoms with van der Waals surface area (Å²) in [7, 11) is 1.32. The minimum Gasteiger partial charge on any atom is -0.482 e. The van der Waals surface area contributed by atoms with E-state index in [2.05, 4.69) is 15.4 Å². The topological polar surface area (TPSA) is 76.7 Å². The molecule has 1 aromatic carbocycles. The molecular weight excluding hydrogens is 284 g/mol. The van der Waals surface area contributed by atoms with Crippen LogP contribution in [0.5, 0.6) is 5.75 Å². The highest BCUT2D eigenvalue weighted by Crippen LogP contribution is 2.22. The van der Waals surface area contributed by atoms with Gasteiger partial charge in [-0.25, -0.2) is 4.79 Å². The van der Waals surface area contributed by atoms with E-state index in [-0.39, 0.29) is 18.4 Å². The van der Waals surface area contributed by atoms with Crippen molar-refractivity contribution < 1.29 is 19.1 Å². The molecule has 1 atom stereocenters. The van der Waals surface area contributed by atoms with Crippen molar-refractivity contribution in [2.75, 3.05) is 32.1 Å². The normalized spacial score (nSPS) is 17.6. The fourth-order valence-corrected chi connectivity index (χ4v) is 2.38. The Kier molecular flexibility index (Phi) is 5.77. The molecule has 22 heavy (non-hydrogen) atoms. The van der Waals surface area contributed by atoms with Gasteiger partial charge in [0.25, 0.3) is 0 Å². The summed E-state index contributed by atoms with van der Waals surface area (Å²) in [6.07, 6.45) is 1.94. The van der Waals surface area contributed by atoms with Crippen LogP contribution >= 0.6 is 0 Å². The number of nitrogens with one attached hydrogen (secondary N) is 2. The van der Waals surface area contributed by atoms with Gasteiger partial charge in [0.1, 0.15) is 5.75 Å². The minimum atomic E-state index is -0.431. The van der Waals surface area contributed by atoms with E-state index in [4.69, 9.17) is 4.74 Å². The zero-order valence-electron chi connectivity index (χ0n) is 13.0. The van der Waals surface area contributed by atoms with Crippen LogP contribution in [-0.2, 0) is 14.3 Å². The number of aryl methyl sites for hydroxylation is 1. The number of hydrogen-bond acceptors (Lipinski definition) is 5. The van der Waals surface area contributed by atoms with E-state index < -0.39 is 5.97 Å². The molecule has 0 radical (unpaired) electrons. The van der Waals surface area contributed by atoms with Crippen molar-refractivity contribution >= 4 is 17.6 Å². The summed E-state index contributed by atoms with van der Waals surface area (Å²) in [4.78, 5) is 23.3. The maximum Gasteiger partial charge on any atom is 0.343 e. The Morgan fingerprint density at radius 3 is 2.86 bits per heavy atom. The maximum atomic E-state index is 12.2. The maximum absolute atomic E-state index is 12.2.